The standard InChI is InChI=1S/C18H17FN2O2/c1-23-17-7-6-12(10-15(17)19)18(22)20-9-8-13-11-21-16-5-3-2-4-14(13)16/h2-7,10-11,21H,8-9H2,1H3,(H,20,22). The highest BCUT2D eigenvalue weighted by Crippen LogP contribution is 2.19. The molecule has 118 valence electrons. The van der Waals surface area contributed by atoms with Crippen LogP contribution in [0.2, 0.25) is 0 Å². The molecule has 1 amide bonds. The van der Waals surface area contributed by atoms with E-state index in [4.69, 9.17) is 4.74 Å². The predicted octanol–water partition coefficient (Wildman–Crippen LogP) is 3.29. The fourth-order valence-corrected chi connectivity index (χ4v) is 2.56. The molecule has 3 aromatic rings. The van der Waals surface area contributed by atoms with Crippen molar-refractivity contribution in [2.75, 3.05) is 13.7 Å². The van der Waals surface area contributed by atoms with Crippen LogP contribution in [-0.2, 0) is 6.42 Å². The summed E-state index contributed by atoms with van der Waals surface area (Å²) in [5.41, 5.74) is 2.50. The predicted molar refractivity (Wildman–Crippen MR) is 87.3 cm³/mol. The summed E-state index contributed by atoms with van der Waals surface area (Å²) >= 11 is 0. The summed E-state index contributed by atoms with van der Waals surface area (Å²) in [6, 6.07) is 12.2. The summed E-state index contributed by atoms with van der Waals surface area (Å²) in [7, 11) is 1.39. The average Bonchev–Trinajstić information content (AvgIpc) is 2.98. The van der Waals surface area contributed by atoms with Crippen molar-refractivity contribution in [3.63, 3.8) is 0 Å². The van der Waals surface area contributed by atoms with E-state index in [1.807, 2.05) is 30.5 Å². The van der Waals surface area contributed by atoms with Gasteiger partial charge in [-0.1, -0.05) is 18.2 Å². The lowest BCUT2D eigenvalue weighted by Crippen LogP contribution is -2.25. The smallest absolute Gasteiger partial charge is 0.251 e. The third-order valence-electron chi connectivity index (χ3n) is 3.77. The molecule has 0 aliphatic heterocycles. The molecule has 5 heteroatoms. The summed E-state index contributed by atoms with van der Waals surface area (Å²) in [6.07, 6.45) is 2.65. The van der Waals surface area contributed by atoms with E-state index in [0.29, 0.717) is 13.0 Å². The normalized spacial score (nSPS) is 10.7. The number of hydrogen-bond donors (Lipinski definition) is 2. The highest BCUT2D eigenvalue weighted by molar-refractivity contribution is 5.94. The van der Waals surface area contributed by atoms with Crippen molar-refractivity contribution in [3.05, 3.63) is 65.6 Å². The Morgan fingerprint density at radius 3 is 2.87 bits per heavy atom. The summed E-state index contributed by atoms with van der Waals surface area (Å²) in [4.78, 5) is 15.3. The zero-order valence-electron chi connectivity index (χ0n) is 12.7. The van der Waals surface area contributed by atoms with Crippen LogP contribution in [0.15, 0.2) is 48.7 Å². The maximum Gasteiger partial charge on any atom is 0.251 e. The van der Waals surface area contributed by atoms with Crippen molar-refractivity contribution in [1.29, 1.82) is 0 Å². The first-order chi connectivity index (χ1) is 11.2. The first kappa shape index (κ1) is 15.1. The number of carbonyl (C=O) groups is 1. The number of benzene rings is 2. The minimum absolute atomic E-state index is 0.125. The fourth-order valence-electron chi connectivity index (χ4n) is 2.56. The van der Waals surface area contributed by atoms with Gasteiger partial charge in [-0.15, -0.1) is 0 Å². The Kier molecular flexibility index (Phi) is 4.28. The van der Waals surface area contributed by atoms with Gasteiger partial charge >= 0.3 is 0 Å². The lowest BCUT2D eigenvalue weighted by Gasteiger charge is -2.07. The van der Waals surface area contributed by atoms with E-state index in [9.17, 15) is 9.18 Å². The number of amides is 1. The Morgan fingerprint density at radius 1 is 1.26 bits per heavy atom. The second-order valence-electron chi connectivity index (χ2n) is 5.21. The fraction of sp³-hybridized carbons (Fsp3) is 0.167. The second-order valence-corrected chi connectivity index (χ2v) is 5.21. The SMILES string of the molecule is COc1ccc(C(=O)NCCc2c[nH]c3ccccc23)cc1F. The third-order valence-corrected chi connectivity index (χ3v) is 3.77. The first-order valence-electron chi connectivity index (χ1n) is 7.36. The molecule has 0 saturated heterocycles. The van der Waals surface area contributed by atoms with E-state index >= 15 is 0 Å². The number of fused-ring (bicyclic) bond motifs is 1. The van der Waals surface area contributed by atoms with Crippen molar-refractivity contribution in [1.82, 2.24) is 10.3 Å². The van der Waals surface area contributed by atoms with Crippen LogP contribution in [0.5, 0.6) is 5.75 Å². The van der Waals surface area contributed by atoms with Gasteiger partial charge in [0.05, 0.1) is 7.11 Å². The van der Waals surface area contributed by atoms with Gasteiger partial charge in [-0.05, 0) is 36.2 Å². The number of halogens is 1. The minimum atomic E-state index is -0.545. The molecule has 23 heavy (non-hydrogen) atoms. The highest BCUT2D eigenvalue weighted by atomic mass is 19.1. The quantitative estimate of drug-likeness (QED) is 0.759. The minimum Gasteiger partial charge on any atom is -0.494 e. The zero-order chi connectivity index (χ0) is 16.2. The van der Waals surface area contributed by atoms with Gasteiger partial charge in [-0.2, -0.15) is 0 Å². The van der Waals surface area contributed by atoms with Crippen LogP contribution in [0, 0.1) is 5.82 Å². The largest absolute Gasteiger partial charge is 0.494 e. The van der Waals surface area contributed by atoms with Crippen molar-refractivity contribution >= 4 is 16.8 Å². The van der Waals surface area contributed by atoms with E-state index in [2.05, 4.69) is 10.3 Å². The zero-order valence-corrected chi connectivity index (χ0v) is 12.7. The van der Waals surface area contributed by atoms with Crippen LogP contribution < -0.4 is 10.1 Å². The van der Waals surface area contributed by atoms with Gasteiger partial charge in [0.15, 0.2) is 11.6 Å². The third kappa shape index (κ3) is 3.18. The Morgan fingerprint density at radius 2 is 2.09 bits per heavy atom. The van der Waals surface area contributed by atoms with E-state index in [1.54, 1.807) is 6.07 Å². The number of carbonyl (C=O) groups excluding carboxylic acids is 1. The molecule has 2 N–H and O–H groups in total. The molecule has 1 heterocycles. The number of H-pyrrole nitrogens is 1. The summed E-state index contributed by atoms with van der Waals surface area (Å²) in [5, 5.41) is 3.96. The Labute approximate surface area is 133 Å². The molecule has 0 unspecified atom stereocenters. The van der Waals surface area contributed by atoms with Crippen LogP contribution in [-0.4, -0.2) is 24.5 Å². The summed E-state index contributed by atoms with van der Waals surface area (Å²) in [5.74, 6) is -0.719. The number of methoxy groups -OCH3 is 1. The number of aromatic nitrogens is 1. The van der Waals surface area contributed by atoms with Crippen LogP contribution in [0.1, 0.15) is 15.9 Å². The van der Waals surface area contributed by atoms with Crippen LogP contribution in [0.4, 0.5) is 4.39 Å². The molecule has 4 nitrogen and oxygen atoms in total. The number of hydrogen-bond acceptors (Lipinski definition) is 2. The molecule has 0 radical (unpaired) electrons. The molecular formula is C18H17FN2O2. The number of ether oxygens (including phenoxy) is 1. The molecule has 0 saturated carbocycles. The van der Waals surface area contributed by atoms with Crippen LogP contribution in [0.3, 0.4) is 0 Å². The molecule has 0 atom stereocenters. The monoisotopic (exact) mass is 312 g/mol. The van der Waals surface area contributed by atoms with Crippen LogP contribution in [0.25, 0.3) is 10.9 Å². The van der Waals surface area contributed by atoms with Gasteiger partial charge in [0, 0.05) is 29.2 Å². The van der Waals surface area contributed by atoms with E-state index in [0.717, 1.165) is 16.5 Å². The summed E-state index contributed by atoms with van der Waals surface area (Å²) in [6.45, 7) is 0.480. The van der Waals surface area contributed by atoms with E-state index in [-0.39, 0.29) is 17.2 Å². The molecule has 0 aliphatic carbocycles. The second kappa shape index (κ2) is 6.52. The Balaban J connectivity index is 1.62. The highest BCUT2D eigenvalue weighted by Gasteiger charge is 2.10. The van der Waals surface area contributed by atoms with Gasteiger partial charge in [0.1, 0.15) is 0 Å². The molecule has 0 aliphatic rings. The Bertz CT molecular complexity index is 842. The first-order valence-corrected chi connectivity index (χ1v) is 7.36. The molecular weight excluding hydrogens is 295 g/mol. The van der Waals surface area contributed by atoms with E-state index in [1.165, 1.54) is 19.2 Å². The van der Waals surface area contributed by atoms with Crippen molar-refractivity contribution in [3.8, 4) is 5.75 Å². The van der Waals surface area contributed by atoms with Gasteiger partial charge in [0.25, 0.3) is 5.91 Å². The maximum absolute atomic E-state index is 13.6. The molecule has 0 bridgehead atoms. The van der Waals surface area contributed by atoms with Gasteiger partial charge in [-0.3, -0.25) is 4.79 Å². The molecule has 0 spiro atoms. The number of nitrogens with one attached hydrogen (secondary N) is 2. The maximum atomic E-state index is 13.6. The number of aromatic amines is 1. The molecule has 2 aromatic carbocycles. The summed E-state index contributed by atoms with van der Waals surface area (Å²) < 4.78 is 18.5. The molecule has 1 aromatic heterocycles. The lowest BCUT2D eigenvalue weighted by atomic mass is 10.1. The van der Waals surface area contributed by atoms with Crippen molar-refractivity contribution in [2.24, 2.45) is 0 Å². The van der Waals surface area contributed by atoms with Gasteiger partial charge in [-0.25, -0.2) is 4.39 Å². The topological polar surface area (TPSA) is 54.1 Å². The van der Waals surface area contributed by atoms with Gasteiger partial charge < -0.3 is 15.0 Å². The lowest BCUT2D eigenvalue weighted by molar-refractivity contribution is 0.0953. The number of rotatable bonds is 5. The van der Waals surface area contributed by atoms with Gasteiger partial charge in [0.2, 0.25) is 0 Å². The Hall–Kier alpha value is -2.82. The van der Waals surface area contributed by atoms with E-state index < -0.39 is 5.82 Å². The van der Waals surface area contributed by atoms with Crippen LogP contribution >= 0.6 is 0 Å². The van der Waals surface area contributed by atoms with Crippen molar-refractivity contribution < 1.29 is 13.9 Å². The average molecular weight is 312 g/mol. The number of para-hydroxylation sites is 1. The molecule has 0 fully saturated rings. The molecule has 3 rings (SSSR count). The van der Waals surface area contributed by atoms with Crippen molar-refractivity contribution in [2.45, 2.75) is 6.42 Å².